The van der Waals surface area contributed by atoms with Gasteiger partial charge in [0.05, 0.1) is 10.4 Å². The van der Waals surface area contributed by atoms with Gasteiger partial charge in [-0.15, -0.1) is 11.8 Å². The van der Waals surface area contributed by atoms with E-state index in [1.807, 2.05) is 17.1 Å². The van der Waals surface area contributed by atoms with Crippen LogP contribution in [-0.4, -0.2) is 40.6 Å². The number of hydrogen-bond donors (Lipinski definition) is 1. The number of carbonyl (C=O) groups is 2. The van der Waals surface area contributed by atoms with Crippen LogP contribution in [0, 0.1) is 23.2 Å². The Balaban J connectivity index is 1.49. The van der Waals surface area contributed by atoms with Crippen LogP contribution in [-0.2, 0) is 9.59 Å². The molecule has 164 valence electrons. The Bertz CT molecular complexity index is 826. The van der Waals surface area contributed by atoms with E-state index in [1.54, 1.807) is 17.8 Å². The number of thioether (sulfide) groups is 1. The maximum atomic E-state index is 13.6. The van der Waals surface area contributed by atoms with Crippen LogP contribution >= 0.6 is 23.4 Å². The van der Waals surface area contributed by atoms with E-state index < -0.39 is 6.04 Å². The molecule has 1 N–H and O–H groups in total. The average molecular weight is 453 g/mol. The second kappa shape index (κ2) is 8.34. The van der Waals surface area contributed by atoms with Gasteiger partial charge in [-0.25, -0.2) is 4.39 Å². The summed E-state index contributed by atoms with van der Waals surface area (Å²) in [6.45, 7) is 6.78. The largest absolute Gasteiger partial charge is 0.349 e. The van der Waals surface area contributed by atoms with Crippen LogP contribution in [0.15, 0.2) is 34.5 Å². The molecule has 2 unspecified atom stereocenters. The maximum Gasteiger partial charge on any atom is 0.243 e. The number of nitrogens with one attached hydrogen (secondary N) is 1. The lowest BCUT2D eigenvalue weighted by Gasteiger charge is -2.42. The average Bonchev–Trinajstić information content (AvgIpc) is 3.40. The summed E-state index contributed by atoms with van der Waals surface area (Å²) in [7, 11) is 0. The van der Waals surface area contributed by atoms with Gasteiger partial charge < -0.3 is 10.2 Å². The van der Waals surface area contributed by atoms with E-state index in [0.29, 0.717) is 25.3 Å². The minimum absolute atomic E-state index is 0.0529. The maximum absolute atomic E-state index is 13.6. The first-order valence-corrected chi connectivity index (χ1v) is 12.1. The molecular weight excluding hydrogens is 423 g/mol. The smallest absolute Gasteiger partial charge is 0.243 e. The number of hydrogen-bond acceptors (Lipinski definition) is 3. The van der Waals surface area contributed by atoms with Crippen molar-refractivity contribution in [2.45, 2.75) is 63.8 Å². The fourth-order valence-electron chi connectivity index (χ4n) is 5.04. The van der Waals surface area contributed by atoms with Crippen molar-refractivity contribution in [2.24, 2.45) is 23.2 Å². The quantitative estimate of drug-likeness (QED) is 0.653. The highest BCUT2D eigenvalue weighted by Gasteiger charge is 2.55. The van der Waals surface area contributed by atoms with Gasteiger partial charge in [0, 0.05) is 17.7 Å². The minimum Gasteiger partial charge on any atom is -0.349 e. The van der Waals surface area contributed by atoms with Crippen molar-refractivity contribution in [1.82, 2.24) is 10.2 Å². The summed E-state index contributed by atoms with van der Waals surface area (Å²) in [5.41, 5.74) is -0.195. The summed E-state index contributed by atoms with van der Waals surface area (Å²) < 4.78 is 14.2. The topological polar surface area (TPSA) is 49.4 Å². The summed E-state index contributed by atoms with van der Waals surface area (Å²) in [5, 5.41) is 3.32. The van der Waals surface area contributed by atoms with Crippen LogP contribution in [0.4, 0.5) is 4.39 Å². The van der Waals surface area contributed by atoms with E-state index in [9.17, 15) is 14.0 Å². The molecule has 0 aromatic rings. The van der Waals surface area contributed by atoms with Crippen molar-refractivity contribution in [3.63, 3.8) is 0 Å². The molecule has 2 fully saturated rings. The third-order valence-corrected chi connectivity index (χ3v) is 8.55. The molecule has 2 aliphatic carbocycles. The van der Waals surface area contributed by atoms with Gasteiger partial charge in [0.2, 0.25) is 11.8 Å². The lowest BCUT2D eigenvalue weighted by molar-refractivity contribution is -0.146. The van der Waals surface area contributed by atoms with Gasteiger partial charge in [0.1, 0.15) is 11.9 Å². The van der Waals surface area contributed by atoms with Crippen molar-refractivity contribution in [1.29, 1.82) is 0 Å². The van der Waals surface area contributed by atoms with Crippen molar-refractivity contribution < 1.29 is 14.0 Å². The standard InChI is InChI=1S/C23H30ClFN2O2S/c1-13(2)10-18-21(28)26-17(19-4-5-20(24)30-19)12-27(18)22(29)15-11-16(15)23(3)8-6-14(25)7-9-23/h5-8,13,15-19H,4,9-12H2,1-3H3,(H,26,28)/t15-,16-,17-,18+,19?,23?/m1/s1. The molecule has 4 aliphatic rings. The molecule has 0 bridgehead atoms. The van der Waals surface area contributed by atoms with Crippen LogP contribution in [0.3, 0.4) is 0 Å². The molecule has 4 rings (SSSR count). The second-order valence-corrected chi connectivity index (χ2v) is 11.6. The van der Waals surface area contributed by atoms with E-state index in [0.717, 1.165) is 17.2 Å². The first-order valence-electron chi connectivity index (χ1n) is 10.9. The SMILES string of the molecule is CC(C)C[C@H]1C(=O)N[C@@H](C2CC=C(Cl)S2)CN1C(=O)[C@@H]1C[C@H]1C1(C)C=CC(F)=CC1. The molecule has 0 radical (unpaired) electrons. The Morgan fingerprint density at radius 2 is 2.20 bits per heavy atom. The first kappa shape index (κ1) is 21.9. The highest BCUT2D eigenvalue weighted by atomic mass is 35.5. The summed E-state index contributed by atoms with van der Waals surface area (Å²) in [6, 6.07) is -0.515. The van der Waals surface area contributed by atoms with Crippen LogP contribution in [0.2, 0.25) is 0 Å². The van der Waals surface area contributed by atoms with Gasteiger partial charge in [-0.2, -0.15) is 0 Å². The van der Waals surface area contributed by atoms with Crippen LogP contribution in [0.1, 0.15) is 46.5 Å². The molecule has 0 aromatic heterocycles. The molecule has 2 aliphatic heterocycles. The van der Waals surface area contributed by atoms with Gasteiger partial charge in [-0.1, -0.05) is 44.5 Å². The zero-order chi connectivity index (χ0) is 21.6. The van der Waals surface area contributed by atoms with E-state index in [4.69, 9.17) is 11.6 Å². The Morgan fingerprint density at radius 3 is 2.80 bits per heavy atom. The molecule has 2 amide bonds. The molecule has 1 saturated carbocycles. The Labute approximate surface area is 187 Å². The number of halogens is 2. The third-order valence-electron chi connectivity index (χ3n) is 6.92. The normalized spacial score (nSPS) is 38.4. The van der Waals surface area contributed by atoms with Gasteiger partial charge in [0.15, 0.2) is 0 Å². The van der Waals surface area contributed by atoms with Crippen LogP contribution < -0.4 is 5.32 Å². The Morgan fingerprint density at radius 1 is 1.43 bits per heavy atom. The molecule has 0 aromatic carbocycles. The lowest BCUT2D eigenvalue weighted by atomic mass is 9.78. The molecule has 6 atom stereocenters. The number of amides is 2. The summed E-state index contributed by atoms with van der Waals surface area (Å²) in [5.74, 6) is 0.246. The molecule has 7 heteroatoms. The fraction of sp³-hybridized carbons (Fsp3) is 0.652. The van der Waals surface area contributed by atoms with Crippen molar-refractivity contribution in [2.75, 3.05) is 6.54 Å². The zero-order valence-electron chi connectivity index (χ0n) is 17.7. The molecular formula is C23H30ClFN2O2S. The zero-order valence-corrected chi connectivity index (χ0v) is 19.3. The van der Waals surface area contributed by atoms with Gasteiger partial charge in [-0.3, -0.25) is 9.59 Å². The van der Waals surface area contributed by atoms with E-state index in [-0.39, 0.29) is 46.2 Å². The van der Waals surface area contributed by atoms with Crippen molar-refractivity contribution in [3.8, 4) is 0 Å². The monoisotopic (exact) mass is 452 g/mol. The summed E-state index contributed by atoms with van der Waals surface area (Å²) >= 11 is 7.72. The third kappa shape index (κ3) is 4.36. The van der Waals surface area contributed by atoms with Crippen LogP contribution in [0.5, 0.6) is 0 Å². The highest BCUT2D eigenvalue weighted by molar-refractivity contribution is 8.05. The van der Waals surface area contributed by atoms with E-state index in [1.165, 1.54) is 6.08 Å². The molecule has 0 spiro atoms. The lowest BCUT2D eigenvalue weighted by Crippen LogP contribution is -2.64. The predicted molar refractivity (Wildman–Crippen MR) is 119 cm³/mol. The van der Waals surface area contributed by atoms with Crippen molar-refractivity contribution in [3.05, 3.63) is 34.5 Å². The summed E-state index contributed by atoms with van der Waals surface area (Å²) in [6.07, 6.45) is 9.91. The molecule has 4 nitrogen and oxygen atoms in total. The van der Waals surface area contributed by atoms with Crippen molar-refractivity contribution >= 4 is 35.2 Å². The number of piperazine rings is 1. The number of carbonyl (C=O) groups excluding carboxylic acids is 2. The minimum atomic E-state index is -0.420. The van der Waals surface area contributed by atoms with Gasteiger partial charge in [0.25, 0.3) is 0 Å². The van der Waals surface area contributed by atoms with E-state index >= 15 is 0 Å². The Hall–Kier alpha value is -1.27. The Kier molecular flexibility index (Phi) is 6.10. The fourth-order valence-corrected chi connectivity index (χ4v) is 6.47. The number of allylic oxidation sites excluding steroid dienone is 5. The first-order chi connectivity index (χ1) is 14.2. The van der Waals surface area contributed by atoms with Crippen LogP contribution in [0.25, 0.3) is 0 Å². The summed E-state index contributed by atoms with van der Waals surface area (Å²) in [4.78, 5) is 28.4. The number of nitrogens with zero attached hydrogens (tertiary/aromatic N) is 1. The molecule has 2 heterocycles. The second-order valence-electron chi connectivity index (χ2n) is 9.73. The molecule has 1 saturated heterocycles. The number of rotatable bonds is 5. The van der Waals surface area contributed by atoms with Gasteiger partial charge >= 0.3 is 0 Å². The predicted octanol–water partition coefficient (Wildman–Crippen LogP) is 4.77. The molecule has 30 heavy (non-hydrogen) atoms. The van der Waals surface area contributed by atoms with E-state index in [2.05, 4.69) is 26.1 Å². The van der Waals surface area contributed by atoms with Gasteiger partial charge in [-0.05, 0) is 55.1 Å². The highest BCUT2D eigenvalue weighted by Crippen LogP contribution is 2.55.